The van der Waals surface area contributed by atoms with Crippen LogP contribution in [0.15, 0.2) is 37.2 Å². The van der Waals surface area contributed by atoms with E-state index in [9.17, 15) is 0 Å². The minimum absolute atomic E-state index is 0.0848. The Morgan fingerprint density at radius 3 is 2.81 bits per heavy atom. The number of allylic oxidation sites excluding steroid dienone is 1. The molecular formula is C20H30N6O. The number of imidazole rings is 1. The summed E-state index contributed by atoms with van der Waals surface area (Å²) >= 11 is 0. The molecule has 0 aromatic carbocycles. The first-order chi connectivity index (χ1) is 13.2. The molecule has 1 atom stereocenters. The van der Waals surface area contributed by atoms with Gasteiger partial charge in [-0.1, -0.05) is 6.08 Å². The Labute approximate surface area is 161 Å². The second-order valence-electron chi connectivity index (χ2n) is 7.14. The molecule has 0 aliphatic carbocycles. The van der Waals surface area contributed by atoms with Crippen LogP contribution < -0.4 is 4.74 Å². The van der Waals surface area contributed by atoms with Crippen molar-refractivity contribution in [2.45, 2.75) is 32.3 Å². The number of likely N-dealkylation sites (N-methyl/N-ethyl adjacent to an activating group) is 1. The lowest BCUT2D eigenvalue weighted by Gasteiger charge is -2.26. The van der Waals surface area contributed by atoms with E-state index in [2.05, 4.69) is 38.6 Å². The van der Waals surface area contributed by atoms with Gasteiger partial charge in [0.25, 0.3) is 0 Å². The van der Waals surface area contributed by atoms with Crippen LogP contribution in [0.25, 0.3) is 5.82 Å². The fourth-order valence-electron chi connectivity index (χ4n) is 3.36. The molecule has 1 aliphatic heterocycles. The fraction of sp³-hybridized carbons (Fsp3) is 0.550. The third-order valence-corrected chi connectivity index (χ3v) is 4.95. The monoisotopic (exact) mass is 370 g/mol. The lowest BCUT2D eigenvalue weighted by Crippen LogP contribution is -2.38. The van der Waals surface area contributed by atoms with E-state index in [1.807, 2.05) is 35.9 Å². The largest absolute Gasteiger partial charge is 0.472 e. The maximum Gasteiger partial charge on any atom is 0.233 e. The molecule has 2 aromatic rings. The highest BCUT2D eigenvalue weighted by atomic mass is 16.5. The van der Waals surface area contributed by atoms with E-state index in [-0.39, 0.29) is 6.10 Å². The Hall–Kier alpha value is -2.25. The van der Waals surface area contributed by atoms with Gasteiger partial charge in [0.1, 0.15) is 11.9 Å². The molecule has 0 saturated carbocycles. The Kier molecular flexibility index (Phi) is 6.95. The minimum Gasteiger partial charge on any atom is -0.472 e. The van der Waals surface area contributed by atoms with Crippen LogP contribution in [-0.4, -0.2) is 75.4 Å². The normalized spacial score (nSPS) is 17.4. The van der Waals surface area contributed by atoms with Crippen molar-refractivity contribution in [2.24, 2.45) is 0 Å². The third kappa shape index (κ3) is 5.61. The van der Waals surface area contributed by atoms with E-state index in [4.69, 9.17) is 4.74 Å². The maximum atomic E-state index is 6.19. The van der Waals surface area contributed by atoms with E-state index in [1.54, 1.807) is 6.20 Å². The SMILES string of the molecule is C=CCC[C@@H](CN1CCCN(C)CC1)Oc1ccc(-n2ccnc2C)nn1. The molecule has 0 radical (unpaired) electrons. The average molecular weight is 371 g/mol. The highest BCUT2D eigenvalue weighted by Crippen LogP contribution is 2.15. The summed E-state index contributed by atoms with van der Waals surface area (Å²) in [6, 6.07) is 3.81. The molecule has 0 N–H and O–H groups in total. The summed E-state index contributed by atoms with van der Waals surface area (Å²) in [5, 5.41) is 8.57. The van der Waals surface area contributed by atoms with E-state index < -0.39 is 0 Å². The summed E-state index contributed by atoms with van der Waals surface area (Å²) < 4.78 is 8.09. The van der Waals surface area contributed by atoms with Crippen LogP contribution in [0.4, 0.5) is 0 Å². The van der Waals surface area contributed by atoms with Crippen LogP contribution in [0.3, 0.4) is 0 Å². The molecule has 0 spiro atoms. The molecule has 0 amide bonds. The van der Waals surface area contributed by atoms with Crippen molar-refractivity contribution in [3.8, 4) is 11.7 Å². The van der Waals surface area contributed by atoms with Gasteiger partial charge in [0.2, 0.25) is 5.88 Å². The topological polar surface area (TPSA) is 59.3 Å². The van der Waals surface area contributed by atoms with Gasteiger partial charge in [-0.25, -0.2) is 4.98 Å². The van der Waals surface area contributed by atoms with E-state index in [1.165, 1.54) is 6.42 Å². The summed E-state index contributed by atoms with van der Waals surface area (Å²) in [5.41, 5.74) is 0. The second-order valence-corrected chi connectivity index (χ2v) is 7.14. The molecule has 3 heterocycles. The Morgan fingerprint density at radius 2 is 2.11 bits per heavy atom. The summed E-state index contributed by atoms with van der Waals surface area (Å²) in [5.74, 6) is 2.20. The van der Waals surface area contributed by atoms with E-state index in [0.29, 0.717) is 5.88 Å². The van der Waals surface area contributed by atoms with Crippen LogP contribution in [0.5, 0.6) is 5.88 Å². The first-order valence-electron chi connectivity index (χ1n) is 9.68. The van der Waals surface area contributed by atoms with Gasteiger partial charge in [-0.05, 0) is 52.4 Å². The standard InChI is InChI=1S/C20H30N6O/c1-4-5-7-18(16-25-12-6-11-24(3)14-15-25)27-20-9-8-19(22-23-20)26-13-10-21-17(26)2/h4,8-10,13,18H,1,5-7,11-12,14-16H2,2-3H3/t18-/m0/s1. The zero-order chi connectivity index (χ0) is 19.1. The maximum absolute atomic E-state index is 6.19. The van der Waals surface area contributed by atoms with E-state index >= 15 is 0 Å². The Morgan fingerprint density at radius 1 is 1.22 bits per heavy atom. The second kappa shape index (κ2) is 9.62. The van der Waals surface area contributed by atoms with Crippen molar-refractivity contribution in [3.05, 3.63) is 43.0 Å². The van der Waals surface area contributed by atoms with Crippen molar-refractivity contribution < 1.29 is 4.74 Å². The van der Waals surface area contributed by atoms with E-state index in [0.717, 1.165) is 57.2 Å². The molecule has 0 bridgehead atoms. The molecule has 7 nitrogen and oxygen atoms in total. The van der Waals surface area contributed by atoms with Crippen LogP contribution in [-0.2, 0) is 0 Å². The third-order valence-electron chi connectivity index (χ3n) is 4.95. The quantitative estimate of drug-likeness (QED) is 0.665. The Bertz CT molecular complexity index is 714. The first kappa shape index (κ1) is 19.5. The summed E-state index contributed by atoms with van der Waals surface area (Å²) in [6.07, 6.45) is 8.72. The van der Waals surface area contributed by atoms with Gasteiger partial charge in [0.05, 0.1) is 0 Å². The molecular weight excluding hydrogens is 340 g/mol. The molecule has 1 saturated heterocycles. The van der Waals surface area contributed by atoms with Crippen molar-refractivity contribution in [3.63, 3.8) is 0 Å². The fourth-order valence-corrected chi connectivity index (χ4v) is 3.36. The number of hydrogen-bond acceptors (Lipinski definition) is 6. The van der Waals surface area contributed by atoms with Gasteiger partial charge in [-0.15, -0.1) is 16.8 Å². The predicted octanol–water partition coefficient (Wildman–Crippen LogP) is 2.32. The van der Waals surface area contributed by atoms with Crippen molar-refractivity contribution >= 4 is 0 Å². The van der Waals surface area contributed by atoms with Crippen molar-refractivity contribution in [1.29, 1.82) is 0 Å². The number of ether oxygens (including phenoxy) is 1. The van der Waals surface area contributed by atoms with Gasteiger partial charge in [-0.2, -0.15) is 0 Å². The van der Waals surface area contributed by atoms with Crippen molar-refractivity contribution in [2.75, 3.05) is 39.8 Å². The molecule has 1 aliphatic rings. The summed E-state index contributed by atoms with van der Waals surface area (Å²) in [6.45, 7) is 11.2. The lowest BCUT2D eigenvalue weighted by atomic mass is 10.2. The van der Waals surface area contributed by atoms with Gasteiger partial charge >= 0.3 is 0 Å². The van der Waals surface area contributed by atoms with Gasteiger partial charge < -0.3 is 9.64 Å². The van der Waals surface area contributed by atoms with Gasteiger partial charge in [-0.3, -0.25) is 9.47 Å². The van der Waals surface area contributed by atoms with Crippen molar-refractivity contribution in [1.82, 2.24) is 29.5 Å². The highest BCUT2D eigenvalue weighted by molar-refractivity contribution is 5.25. The first-order valence-corrected chi connectivity index (χ1v) is 9.68. The molecule has 2 aromatic heterocycles. The van der Waals surface area contributed by atoms with Crippen LogP contribution in [0.1, 0.15) is 25.1 Å². The minimum atomic E-state index is 0.0848. The summed E-state index contributed by atoms with van der Waals surface area (Å²) in [7, 11) is 2.19. The number of aryl methyl sites for hydroxylation is 1. The molecule has 146 valence electrons. The molecule has 7 heteroatoms. The molecule has 0 unspecified atom stereocenters. The summed E-state index contributed by atoms with van der Waals surface area (Å²) in [4.78, 5) is 9.11. The average Bonchev–Trinajstić information content (AvgIpc) is 2.99. The zero-order valence-corrected chi connectivity index (χ0v) is 16.4. The predicted molar refractivity (Wildman–Crippen MR) is 106 cm³/mol. The molecule has 27 heavy (non-hydrogen) atoms. The zero-order valence-electron chi connectivity index (χ0n) is 16.4. The number of rotatable bonds is 8. The molecule has 1 fully saturated rings. The highest BCUT2D eigenvalue weighted by Gasteiger charge is 2.19. The van der Waals surface area contributed by atoms with Crippen LogP contribution >= 0.6 is 0 Å². The number of aromatic nitrogens is 4. The number of nitrogens with zero attached hydrogens (tertiary/aromatic N) is 6. The van der Waals surface area contributed by atoms with Crippen LogP contribution in [0, 0.1) is 6.92 Å². The van der Waals surface area contributed by atoms with Gasteiger partial charge in [0, 0.05) is 38.1 Å². The lowest BCUT2D eigenvalue weighted by molar-refractivity contribution is 0.122. The van der Waals surface area contributed by atoms with Crippen LogP contribution in [0.2, 0.25) is 0 Å². The molecule has 3 rings (SSSR count). The van der Waals surface area contributed by atoms with Gasteiger partial charge in [0.15, 0.2) is 5.82 Å². The Balaban J connectivity index is 1.63. The number of hydrogen-bond donors (Lipinski definition) is 0. The smallest absolute Gasteiger partial charge is 0.233 e.